The third kappa shape index (κ3) is 3.62. The lowest BCUT2D eigenvalue weighted by atomic mass is 9.86. The third-order valence-corrected chi connectivity index (χ3v) is 5.07. The number of hydrogen-bond donors (Lipinski definition) is 2. The molecule has 1 aromatic carbocycles. The molecule has 1 spiro atoms. The van der Waals surface area contributed by atoms with Gasteiger partial charge < -0.3 is 15.4 Å². The van der Waals surface area contributed by atoms with E-state index >= 15 is 0 Å². The van der Waals surface area contributed by atoms with E-state index in [0.717, 1.165) is 31.1 Å². The van der Waals surface area contributed by atoms with Crippen LogP contribution in [0.5, 0.6) is 5.75 Å². The predicted molar refractivity (Wildman–Crippen MR) is 95.0 cm³/mol. The molecule has 126 valence electrons. The van der Waals surface area contributed by atoms with E-state index in [0.29, 0.717) is 0 Å². The Balaban J connectivity index is 1.76. The van der Waals surface area contributed by atoms with Crippen LogP contribution in [-0.4, -0.2) is 25.2 Å². The molecule has 1 heterocycles. The zero-order valence-electron chi connectivity index (χ0n) is 14.4. The summed E-state index contributed by atoms with van der Waals surface area (Å²) in [6.07, 6.45) is 8.26. The summed E-state index contributed by atoms with van der Waals surface area (Å²) in [4.78, 5) is 4.40. The van der Waals surface area contributed by atoms with E-state index in [1.54, 1.807) is 0 Å². The van der Waals surface area contributed by atoms with E-state index in [1.807, 2.05) is 7.05 Å². The third-order valence-electron chi connectivity index (χ3n) is 5.07. The molecule has 1 fully saturated rings. The van der Waals surface area contributed by atoms with Gasteiger partial charge in [0.05, 0.1) is 6.04 Å². The quantitative estimate of drug-likeness (QED) is 0.505. The number of aliphatic imine (C=N–C) groups is 1. The van der Waals surface area contributed by atoms with Gasteiger partial charge in [-0.05, 0) is 38.2 Å². The largest absolute Gasteiger partial charge is 0.487 e. The smallest absolute Gasteiger partial charge is 0.191 e. The van der Waals surface area contributed by atoms with Crippen LogP contribution in [0.2, 0.25) is 0 Å². The van der Waals surface area contributed by atoms with Crippen LogP contribution in [-0.2, 0) is 0 Å². The SMILES string of the molecule is CCCCNC(=NC)NC1CC2(CCCC2)Oc2ccccc21. The van der Waals surface area contributed by atoms with Gasteiger partial charge in [0.1, 0.15) is 11.4 Å². The van der Waals surface area contributed by atoms with Gasteiger partial charge >= 0.3 is 0 Å². The molecule has 2 aliphatic rings. The Kier molecular flexibility index (Phi) is 5.09. The molecule has 23 heavy (non-hydrogen) atoms. The minimum absolute atomic E-state index is 0.0221. The summed E-state index contributed by atoms with van der Waals surface area (Å²) >= 11 is 0. The lowest BCUT2D eigenvalue weighted by molar-refractivity contribution is 0.0396. The summed E-state index contributed by atoms with van der Waals surface area (Å²) in [5.74, 6) is 1.94. The Bertz CT molecular complexity index is 549. The molecule has 4 heteroatoms. The van der Waals surface area contributed by atoms with Crippen molar-refractivity contribution < 1.29 is 4.74 Å². The van der Waals surface area contributed by atoms with Crippen molar-refractivity contribution in [3.8, 4) is 5.75 Å². The van der Waals surface area contributed by atoms with Gasteiger partial charge in [0.25, 0.3) is 0 Å². The zero-order chi connectivity index (χ0) is 16.1. The number of fused-ring (bicyclic) bond motifs is 1. The summed E-state index contributed by atoms with van der Waals surface area (Å²) in [7, 11) is 1.85. The average Bonchev–Trinajstić information content (AvgIpc) is 3.01. The van der Waals surface area contributed by atoms with Crippen molar-refractivity contribution in [2.24, 2.45) is 4.99 Å². The average molecular weight is 315 g/mol. The van der Waals surface area contributed by atoms with Crippen molar-refractivity contribution in [1.29, 1.82) is 0 Å². The Morgan fingerprint density at radius 3 is 2.83 bits per heavy atom. The van der Waals surface area contributed by atoms with E-state index in [-0.39, 0.29) is 11.6 Å². The monoisotopic (exact) mass is 315 g/mol. The molecule has 2 N–H and O–H groups in total. The first-order valence-corrected chi connectivity index (χ1v) is 9.01. The van der Waals surface area contributed by atoms with Gasteiger partial charge in [-0.15, -0.1) is 0 Å². The number of rotatable bonds is 4. The Labute approximate surface area is 139 Å². The van der Waals surface area contributed by atoms with E-state index in [2.05, 4.69) is 46.8 Å². The molecule has 0 amide bonds. The first-order chi connectivity index (χ1) is 11.3. The molecule has 1 unspecified atom stereocenters. The lowest BCUT2D eigenvalue weighted by Gasteiger charge is -2.40. The number of guanidine groups is 1. The Hall–Kier alpha value is -1.71. The highest BCUT2D eigenvalue weighted by atomic mass is 16.5. The van der Waals surface area contributed by atoms with Crippen LogP contribution < -0.4 is 15.4 Å². The molecule has 1 aliphatic carbocycles. The highest BCUT2D eigenvalue weighted by Crippen LogP contribution is 2.46. The van der Waals surface area contributed by atoms with Crippen molar-refractivity contribution >= 4 is 5.96 Å². The number of nitrogens with zero attached hydrogens (tertiary/aromatic N) is 1. The first-order valence-electron chi connectivity index (χ1n) is 9.01. The van der Waals surface area contributed by atoms with Crippen molar-refractivity contribution in [1.82, 2.24) is 10.6 Å². The second-order valence-electron chi connectivity index (χ2n) is 6.78. The molecule has 3 rings (SSSR count). The predicted octanol–water partition coefficient (Wildman–Crippen LogP) is 3.79. The van der Waals surface area contributed by atoms with Crippen molar-refractivity contribution in [3.05, 3.63) is 29.8 Å². The first kappa shape index (κ1) is 16.2. The van der Waals surface area contributed by atoms with Gasteiger partial charge in [-0.25, -0.2) is 0 Å². The van der Waals surface area contributed by atoms with Crippen molar-refractivity contribution in [3.63, 3.8) is 0 Å². The fourth-order valence-corrected chi connectivity index (χ4v) is 3.82. The summed E-state index contributed by atoms with van der Waals surface area (Å²) < 4.78 is 6.42. The summed E-state index contributed by atoms with van der Waals surface area (Å²) in [6.45, 7) is 3.17. The second-order valence-corrected chi connectivity index (χ2v) is 6.78. The summed E-state index contributed by atoms with van der Waals surface area (Å²) in [5.41, 5.74) is 1.28. The minimum Gasteiger partial charge on any atom is -0.487 e. The zero-order valence-corrected chi connectivity index (χ0v) is 14.4. The lowest BCUT2D eigenvalue weighted by Crippen LogP contribution is -2.46. The number of hydrogen-bond acceptors (Lipinski definition) is 2. The number of para-hydroxylation sites is 1. The standard InChI is InChI=1S/C19H29N3O/c1-3-4-13-21-18(20-2)22-16-14-19(11-7-8-12-19)23-17-10-6-5-9-15(16)17/h5-6,9-10,16H,3-4,7-8,11-14H2,1-2H3,(H2,20,21,22). The van der Waals surface area contributed by atoms with Crippen molar-refractivity contribution in [2.45, 2.75) is 63.5 Å². The van der Waals surface area contributed by atoms with Gasteiger partial charge in [-0.1, -0.05) is 31.5 Å². The minimum atomic E-state index is 0.0221. The fourth-order valence-electron chi connectivity index (χ4n) is 3.82. The molecule has 4 nitrogen and oxygen atoms in total. The molecular formula is C19H29N3O. The van der Waals surface area contributed by atoms with Crippen LogP contribution in [0.1, 0.15) is 63.5 Å². The fraction of sp³-hybridized carbons (Fsp3) is 0.632. The van der Waals surface area contributed by atoms with E-state index < -0.39 is 0 Å². The molecule has 1 saturated carbocycles. The van der Waals surface area contributed by atoms with Crippen LogP contribution in [0.4, 0.5) is 0 Å². The summed E-state index contributed by atoms with van der Waals surface area (Å²) in [5, 5.41) is 7.06. The van der Waals surface area contributed by atoms with Crippen LogP contribution >= 0.6 is 0 Å². The molecular weight excluding hydrogens is 286 g/mol. The van der Waals surface area contributed by atoms with Crippen molar-refractivity contribution in [2.75, 3.05) is 13.6 Å². The molecule has 1 aliphatic heterocycles. The van der Waals surface area contributed by atoms with Gasteiger partial charge in [0.2, 0.25) is 0 Å². The molecule has 0 aromatic heterocycles. The van der Waals surface area contributed by atoms with E-state index in [1.165, 1.54) is 37.7 Å². The van der Waals surface area contributed by atoms with E-state index in [4.69, 9.17) is 4.74 Å². The number of benzene rings is 1. The van der Waals surface area contributed by atoms with Gasteiger partial charge in [-0.3, -0.25) is 4.99 Å². The van der Waals surface area contributed by atoms with Gasteiger partial charge in [0, 0.05) is 25.6 Å². The molecule has 0 saturated heterocycles. The number of unbranched alkanes of at least 4 members (excludes halogenated alkanes) is 1. The molecule has 0 radical (unpaired) electrons. The van der Waals surface area contributed by atoms with Gasteiger partial charge in [-0.2, -0.15) is 0 Å². The van der Waals surface area contributed by atoms with Crippen LogP contribution in [0.3, 0.4) is 0 Å². The number of nitrogens with one attached hydrogen (secondary N) is 2. The second kappa shape index (κ2) is 7.24. The molecule has 0 bridgehead atoms. The highest BCUT2D eigenvalue weighted by molar-refractivity contribution is 5.80. The van der Waals surface area contributed by atoms with Gasteiger partial charge in [0.15, 0.2) is 5.96 Å². The topological polar surface area (TPSA) is 45.7 Å². The maximum atomic E-state index is 6.42. The molecule has 1 atom stereocenters. The highest BCUT2D eigenvalue weighted by Gasteiger charge is 2.43. The van der Waals surface area contributed by atoms with Crippen LogP contribution in [0, 0.1) is 0 Å². The molecule has 1 aromatic rings. The van der Waals surface area contributed by atoms with Crippen LogP contribution in [0.15, 0.2) is 29.3 Å². The van der Waals surface area contributed by atoms with Crippen LogP contribution in [0.25, 0.3) is 0 Å². The maximum absolute atomic E-state index is 6.42. The van der Waals surface area contributed by atoms with E-state index in [9.17, 15) is 0 Å². The maximum Gasteiger partial charge on any atom is 0.191 e. The Morgan fingerprint density at radius 2 is 2.09 bits per heavy atom. The Morgan fingerprint density at radius 1 is 1.30 bits per heavy atom. The normalized spacial score (nSPS) is 22.5. The summed E-state index contributed by atoms with van der Waals surface area (Å²) in [6, 6.07) is 8.71. The number of ether oxygens (including phenoxy) is 1.